The fourth-order valence-electron chi connectivity index (χ4n) is 1.57. The highest BCUT2D eigenvalue weighted by Gasteiger charge is 2.08. The van der Waals surface area contributed by atoms with E-state index in [1.807, 2.05) is 0 Å². The van der Waals surface area contributed by atoms with Crippen molar-refractivity contribution in [1.29, 1.82) is 0 Å². The molecule has 2 aromatic rings. The van der Waals surface area contributed by atoms with E-state index >= 15 is 0 Å². The summed E-state index contributed by atoms with van der Waals surface area (Å²) < 4.78 is 26.7. The maximum absolute atomic E-state index is 13.3. The minimum atomic E-state index is -1.12. The fraction of sp³-hybridized carbons (Fsp3) is 0. The standard InChI is InChI=1S/C14H10F2N2O2/c15-11-5-3-6-12(16)10(11)8-17-18-13-7-2-1-4-9(13)14(19)20/h1-8,18H,(H,19,20)/b17-8+. The summed E-state index contributed by atoms with van der Waals surface area (Å²) in [6.07, 6.45) is 0.962. The molecule has 2 aromatic carbocycles. The third-order valence-electron chi connectivity index (χ3n) is 2.54. The molecule has 20 heavy (non-hydrogen) atoms. The van der Waals surface area contributed by atoms with Gasteiger partial charge in [0.2, 0.25) is 0 Å². The Kier molecular flexibility index (Phi) is 4.05. The Bertz CT molecular complexity index is 652. The molecule has 0 unspecified atom stereocenters. The lowest BCUT2D eigenvalue weighted by atomic mass is 10.2. The van der Waals surface area contributed by atoms with Gasteiger partial charge in [-0.3, -0.25) is 5.43 Å². The monoisotopic (exact) mass is 276 g/mol. The number of aromatic carboxylic acids is 1. The van der Waals surface area contributed by atoms with E-state index in [0.29, 0.717) is 0 Å². The molecular formula is C14H10F2N2O2. The number of halogens is 2. The van der Waals surface area contributed by atoms with Crippen LogP contribution in [0.1, 0.15) is 15.9 Å². The summed E-state index contributed by atoms with van der Waals surface area (Å²) in [5, 5.41) is 12.6. The second-order valence-corrected chi connectivity index (χ2v) is 3.86. The number of carbonyl (C=O) groups is 1. The van der Waals surface area contributed by atoms with E-state index < -0.39 is 17.6 Å². The normalized spacial score (nSPS) is 10.7. The third kappa shape index (κ3) is 2.97. The summed E-state index contributed by atoms with van der Waals surface area (Å²) in [4.78, 5) is 11.0. The van der Waals surface area contributed by atoms with Gasteiger partial charge in [-0.25, -0.2) is 13.6 Å². The van der Waals surface area contributed by atoms with Crippen LogP contribution in [-0.4, -0.2) is 17.3 Å². The third-order valence-corrected chi connectivity index (χ3v) is 2.54. The Labute approximate surface area is 113 Å². The number of carboxylic acid groups (broad SMARTS) is 1. The van der Waals surface area contributed by atoms with Crippen LogP contribution in [0.25, 0.3) is 0 Å². The molecule has 0 bridgehead atoms. The number of para-hydroxylation sites is 1. The van der Waals surface area contributed by atoms with Crippen molar-refractivity contribution >= 4 is 17.9 Å². The second kappa shape index (κ2) is 5.92. The zero-order chi connectivity index (χ0) is 14.5. The van der Waals surface area contributed by atoms with Crippen LogP contribution < -0.4 is 5.43 Å². The number of carboxylic acids is 1. The number of nitrogens with zero attached hydrogens (tertiary/aromatic N) is 1. The summed E-state index contributed by atoms with van der Waals surface area (Å²) >= 11 is 0. The number of hydrazone groups is 1. The van der Waals surface area contributed by atoms with E-state index in [1.54, 1.807) is 12.1 Å². The average Bonchev–Trinajstić information content (AvgIpc) is 2.42. The Balaban J connectivity index is 2.21. The lowest BCUT2D eigenvalue weighted by molar-refractivity contribution is 0.0698. The molecular weight excluding hydrogens is 266 g/mol. The Hall–Kier alpha value is -2.76. The quantitative estimate of drug-likeness (QED) is 0.666. The van der Waals surface area contributed by atoms with Crippen molar-refractivity contribution < 1.29 is 18.7 Å². The Morgan fingerprint density at radius 2 is 1.75 bits per heavy atom. The van der Waals surface area contributed by atoms with Crippen molar-refractivity contribution in [1.82, 2.24) is 0 Å². The van der Waals surface area contributed by atoms with Crippen molar-refractivity contribution in [2.45, 2.75) is 0 Å². The lowest BCUT2D eigenvalue weighted by Gasteiger charge is -2.04. The molecule has 0 amide bonds. The maximum atomic E-state index is 13.3. The van der Waals surface area contributed by atoms with Gasteiger partial charge in [-0.15, -0.1) is 0 Å². The predicted molar refractivity (Wildman–Crippen MR) is 71.0 cm³/mol. The average molecular weight is 276 g/mol. The summed E-state index contributed by atoms with van der Waals surface area (Å²) in [6.45, 7) is 0. The molecule has 6 heteroatoms. The van der Waals surface area contributed by atoms with Gasteiger partial charge >= 0.3 is 5.97 Å². The van der Waals surface area contributed by atoms with E-state index in [-0.39, 0.29) is 16.8 Å². The molecule has 2 rings (SSSR count). The van der Waals surface area contributed by atoms with Crippen LogP contribution in [0.5, 0.6) is 0 Å². The molecule has 0 aliphatic carbocycles. The highest BCUT2D eigenvalue weighted by atomic mass is 19.1. The van der Waals surface area contributed by atoms with Crippen molar-refractivity contribution in [2.75, 3.05) is 5.43 Å². The molecule has 0 atom stereocenters. The first-order chi connectivity index (χ1) is 9.59. The van der Waals surface area contributed by atoms with Crippen LogP contribution in [-0.2, 0) is 0 Å². The number of nitrogens with one attached hydrogen (secondary N) is 1. The van der Waals surface area contributed by atoms with E-state index in [2.05, 4.69) is 10.5 Å². The van der Waals surface area contributed by atoms with Gasteiger partial charge in [0, 0.05) is 0 Å². The zero-order valence-electron chi connectivity index (χ0n) is 10.2. The van der Waals surface area contributed by atoms with Crippen LogP contribution in [0.15, 0.2) is 47.6 Å². The van der Waals surface area contributed by atoms with Crippen LogP contribution in [0, 0.1) is 11.6 Å². The first kappa shape index (κ1) is 13.7. The van der Waals surface area contributed by atoms with Crippen LogP contribution >= 0.6 is 0 Å². The highest BCUT2D eigenvalue weighted by Crippen LogP contribution is 2.15. The summed E-state index contributed by atoms with van der Waals surface area (Å²) in [6, 6.07) is 9.53. The van der Waals surface area contributed by atoms with E-state index in [4.69, 9.17) is 5.11 Å². The lowest BCUT2D eigenvalue weighted by Crippen LogP contribution is -2.02. The number of rotatable bonds is 4. The van der Waals surface area contributed by atoms with Crippen LogP contribution in [0.4, 0.5) is 14.5 Å². The van der Waals surface area contributed by atoms with E-state index in [0.717, 1.165) is 18.3 Å². The molecule has 0 saturated heterocycles. The van der Waals surface area contributed by atoms with Gasteiger partial charge in [0.05, 0.1) is 23.0 Å². The molecule has 0 spiro atoms. The molecule has 2 N–H and O–H groups in total. The molecule has 102 valence electrons. The number of hydrogen-bond acceptors (Lipinski definition) is 3. The van der Waals surface area contributed by atoms with Gasteiger partial charge < -0.3 is 5.11 Å². The Morgan fingerprint density at radius 1 is 1.10 bits per heavy atom. The smallest absolute Gasteiger partial charge is 0.337 e. The SMILES string of the molecule is O=C(O)c1ccccc1N/N=C/c1c(F)cccc1F. The van der Waals surface area contributed by atoms with Gasteiger partial charge in [0.1, 0.15) is 11.6 Å². The minimum absolute atomic E-state index is 0.0126. The van der Waals surface area contributed by atoms with Gasteiger partial charge in [-0.05, 0) is 24.3 Å². The second-order valence-electron chi connectivity index (χ2n) is 3.86. The first-order valence-corrected chi connectivity index (χ1v) is 5.65. The van der Waals surface area contributed by atoms with Crippen molar-refractivity contribution in [3.8, 4) is 0 Å². The highest BCUT2D eigenvalue weighted by molar-refractivity contribution is 5.94. The topological polar surface area (TPSA) is 61.7 Å². The molecule has 4 nitrogen and oxygen atoms in total. The van der Waals surface area contributed by atoms with E-state index in [1.165, 1.54) is 18.2 Å². The van der Waals surface area contributed by atoms with Crippen LogP contribution in [0.2, 0.25) is 0 Å². The molecule has 0 heterocycles. The summed E-state index contributed by atoms with van der Waals surface area (Å²) in [7, 11) is 0. The van der Waals surface area contributed by atoms with Gasteiger partial charge in [0.15, 0.2) is 0 Å². The van der Waals surface area contributed by atoms with Gasteiger partial charge in [-0.2, -0.15) is 5.10 Å². The maximum Gasteiger partial charge on any atom is 0.337 e. The van der Waals surface area contributed by atoms with Crippen molar-refractivity contribution in [3.05, 3.63) is 65.2 Å². The zero-order valence-corrected chi connectivity index (χ0v) is 10.2. The molecule has 0 aromatic heterocycles. The number of hydrogen-bond donors (Lipinski definition) is 2. The number of anilines is 1. The molecule has 0 fully saturated rings. The van der Waals surface area contributed by atoms with Gasteiger partial charge in [0.25, 0.3) is 0 Å². The minimum Gasteiger partial charge on any atom is -0.478 e. The molecule has 0 aliphatic heterocycles. The van der Waals surface area contributed by atoms with Crippen molar-refractivity contribution in [2.24, 2.45) is 5.10 Å². The Morgan fingerprint density at radius 3 is 2.40 bits per heavy atom. The fourth-order valence-corrected chi connectivity index (χ4v) is 1.57. The summed E-state index contributed by atoms with van der Waals surface area (Å²) in [5.74, 6) is -2.62. The summed E-state index contributed by atoms with van der Waals surface area (Å²) in [5.41, 5.74) is 2.40. The van der Waals surface area contributed by atoms with E-state index in [9.17, 15) is 13.6 Å². The molecule has 0 radical (unpaired) electrons. The number of benzene rings is 2. The van der Waals surface area contributed by atoms with Crippen molar-refractivity contribution in [3.63, 3.8) is 0 Å². The predicted octanol–water partition coefficient (Wildman–Crippen LogP) is 3.11. The molecule has 0 aliphatic rings. The van der Waals surface area contributed by atoms with Crippen LogP contribution in [0.3, 0.4) is 0 Å². The molecule has 0 saturated carbocycles. The first-order valence-electron chi connectivity index (χ1n) is 5.65. The largest absolute Gasteiger partial charge is 0.478 e. The van der Waals surface area contributed by atoms with Gasteiger partial charge in [-0.1, -0.05) is 18.2 Å².